The number of likely N-dealkylation sites (tertiary alicyclic amines) is 2. The van der Waals surface area contributed by atoms with Crippen molar-refractivity contribution in [2.75, 3.05) is 65.4 Å². The number of halogens is 6. The fourth-order valence-electron chi connectivity index (χ4n) is 11.4. The summed E-state index contributed by atoms with van der Waals surface area (Å²) in [5.74, 6) is -0.139. The number of alkyl halides is 6. The molecule has 4 fully saturated rings. The molecule has 4 atom stereocenters. The first-order valence-electron chi connectivity index (χ1n) is 27.4. The Balaban J connectivity index is 0.000000229. The topological polar surface area (TPSA) is 121 Å². The first-order chi connectivity index (χ1) is 37.2. The summed E-state index contributed by atoms with van der Waals surface area (Å²) in [6.45, 7) is 21.8. The number of ether oxygens (including phenoxy) is 1. The van der Waals surface area contributed by atoms with E-state index in [0.29, 0.717) is 65.4 Å². The number of urea groups is 2. The Labute approximate surface area is 461 Å². The zero-order valence-corrected chi connectivity index (χ0v) is 46.7. The third-order valence-corrected chi connectivity index (χ3v) is 15.8. The summed E-state index contributed by atoms with van der Waals surface area (Å²) in [5.41, 5.74) is 2.55. The van der Waals surface area contributed by atoms with Crippen molar-refractivity contribution in [1.29, 1.82) is 0 Å². The number of rotatable bonds is 9. The highest BCUT2D eigenvalue weighted by Crippen LogP contribution is 2.39. The van der Waals surface area contributed by atoms with E-state index in [1.165, 1.54) is 12.1 Å². The van der Waals surface area contributed by atoms with Gasteiger partial charge >= 0.3 is 24.6 Å². The van der Waals surface area contributed by atoms with Crippen molar-refractivity contribution in [2.45, 2.75) is 130 Å². The van der Waals surface area contributed by atoms with Gasteiger partial charge in [0.25, 0.3) is 0 Å². The molecule has 0 radical (unpaired) electrons. The van der Waals surface area contributed by atoms with Crippen LogP contribution in [0.25, 0.3) is 0 Å². The van der Waals surface area contributed by atoms with Crippen molar-refractivity contribution in [3.05, 3.63) is 137 Å². The zero-order chi connectivity index (χ0) is 57.5. The van der Waals surface area contributed by atoms with Gasteiger partial charge in [-0.05, 0) is 83.0 Å². The number of piperidine rings is 2. The predicted octanol–water partition coefficient (Wildman–Crippen LogP) is 11.0. The van der Waals surface area contributed by atoms with Crippen LogP contribution in [0, 0.1) is 10.8 Å². The molecule has 79 heavy (non-hydrogen) atoms. The van der Waals surface area contributed by atoms with E-state index in [1.54, 1.807) is 38.1 Å². The van der Waals surface area contributed by atoms with Crippen LogP contribution in [0.3, 0.4) is 0 Å². The van der Waals surface area contributed by atoms with E-state index < -0.39 is 18.1 Å². The van der Waals surface area contributed by atoms with E-state index >= 15 is 0 Å². The highest BCUT2D eigenvalue weighted by atomic mass is 19.4. The minimum Gasteiger partial charge on any atom is -0.406 e. The number of piperazine rings is 2. The van der Waals surface area contributed by atoms with Crippen LogP contribution < -0.4 is 15.4 Å². The summed E-state index contributed by atoms with van der Waals surface area (Å²) in [7, 11) is 0. The number of amides is 6. The van der Waals surface area contributed by atoms with Gasteiger partial charge in [-0.25, -0.2) is 9.59 Å². The average molecular weight is 1110 g/mol. The van der Waals surface area contributed by atoms with Gasteiger partial charge in [-0.15, -0.1) is 13.2 Å². The van der Waals surface area contributed by atoms with Gasteiger partial charge in [-0.3, -0.25) is 19.4 Å². The monoisotopic (exact) mass is 1100 g/mol. The Bertz CT molecular complexity index is 2630. The van der Waals surface area contributed by atoms with Gasteiger partial charge in [0.05, 0.1) is 29.7 Å². The molecule has 4 aromatic rings. The quantitative estimate of drug-likeness (QED) is 0.160. The number of carbonyl (C=O) groups is 4. The van der Waals surface area contributed by atoms with Crippen LogP contribution in [0.2, 0.25) is 0 Å². The van der Waals surface area contributed by atoms with E-state index in [2.05, 4.69) is 66.7 Å². The SMILES string of the molecule is CC(=O)N1CCC(NC(=O)N2CCN(C(c3ccccc3)c3ccc(C(F)(F)F)cc3)CC2C(C)(C)C)CC1.CC(=O)N1CCC(NC(=O)N2CCN(C(c3ccccc3)c3ccc(OC(F)(F)F)cc3)CC2C(C)(C)C)CC1. The molecule has 4 heterocycles. The molecule has 4 aliphatic rings. The number of nitrogens with one attached hydrogen (secondary N) is 2. The highest BCUT2D eigenvalue weighted by molar-refractivity contribution is 5.76. The second-order valence-corrected chi connectivity index (χ2v) is 23.5. The third kappa shape index (κ3) is 16.2. The van der Waals surface area contributed by atoms with Crippen molar-refractivity contribution in [3.63, 3.8) is 0 Å². The fraction of sp³-hybridized carbons (Fsp3) is 0.533. The number of benzene rings is 4. The lowest BCUT2D eigenvalue weighted by Crippen LogP contribution is -2.63. The molecule has 4 unspecified atom stereocenters. The van der Waals surface area contributed by atoms with Crippen LogP contribution in [0.4, 0.5) is 35.9 Å². The molecule has 0 saturated carbocycles. The van der Waals surface area contributed by atoms with E-state index in [9.17, 15) is 45.5 Å². The lowest BCUT2D eigenvalue weighted by atomic mass is 9.83. The summed E-state index contributed by atoms with van der Waals surface area (Å²) in [4.78, 5) is 62.4. The van der Waals surface area contributed by atoms with Crippen LogP contribution in [-0.4, -0.2) is 149 Å². The molecule has 4 saturated heterocycles. The van der Waals surface area contributed by atoms with Gasteiger partial charge in [0.1, 0.15) is 5.75 Å². The van der Waals surface area contributed by atoms with Crippen molar-refractivity contribution < 1.29 is 50.3 Å². The molecule has 0 bridgehead atoms. The van der Waals surface area contributed by atoms with E-state index in [-0.39, 0.29) is 76.7 Å². The van der Waals surface area contributed by atoms with Crippen molar-refractivity contribution in [2.24, 2.45) is 10.8 Å². The summed E-state index contributed by atoms with van der Waals surface area (Å²) in [6, 6.07) is 30.4. The second kappa shape index (κ2) is 25.4. The lowest BCUT2D eigenvalue weighted by Gasteiger charge is -2.49. The molecule has 6 amide bonds. The molecule has 4 aliphatic heterocycles. The molecule has 19 heteroatoms. The molecule has 0 aliphatic carbocycles. The standard InChI is InChI=1S/C30H39F3N4O3.C30H39F3N4O2/c1-21(38)35-16-14-24(15-17-35)34-28(39)37-19-18-36(20-26(37)29(2,3)4)27(22-8-6-5-7-9-22)23-10-12-25(13-11-23)40-30(31,32)33;1-21(38)35-16-14-25(15-17-35)34-28(39)37-19-18-36(20-26(37)29(2,3)4)27(22-8-6-5-7-9-22)23-10-12-24(13-11-23)30(31,32)33/h5-13,24,26-27H,14-20H2,1-4H3,(H,34,39);5-13,25-27H,14-20H2,1-4H3,(H,34,39). The molecular formula is C60H78F6N8O5. The maximum Gasteiger partial charge on any atom is 0.573 e. The summed E-state index contributed by atoms with van der Waals surface area (Å²) < 4.78 is 82.0. The largest absolute Gasteiger partial charge is 0.573 e. The van der Waals surface area contributed by atoms with Crippen LogP contribution in [0.1, 0.15) is 121 Å². The predicted molar refractivity (Wildman–Crippen MR) is 292 cm³/mol. The van der Waals surface area contributed by atoms with Gasteiger partial charge in [0.15, 0.2) is 0 Å². The van der Waals surface area contributed by atoms with E-state index in [0.717, 1.165) is 60.1 Å². The third-order valence-electron chi connectivity index (χ3n) is 15.8. The number of hydrogen-bond acceptors (Lipinski definition) is 7. The molecule has 2 N–H and O–H groups in total. The molecule has 430 valence electrons. The van der Waals surface area contributed by atoms with Gasteiger partial charge in [0, 0.05) is 91.4 Å². The number of nitrogens with zero attached hydrogens (tertiary/aromatic N) is 6. The van der Waals surface area contributed by atoms with Gasteiger partial charge < -0.3 is 35.0 Å². The number of hydrogen-bond donors (Lipinski definition) is 2. The Morgan fingerprint density at radius 2 is 0.823 bits per heavy atom. The van der Waals surface area contributed by atoms with Crippen LogP contribution in [0.5, 0.6) is 5.75 Å². The van der Waals surface area contributed by atoms with Gasteiger partial charge in [0.2, 0.25) is 11.8 Å². The number of carbonyl (C=O) groups excluding carboxylic acids is 4. The minimum atomic E-state index is -4.75. The summed E-state index contributed by atoms with van der Waals surface area (Å²) in [5, 5.41) is 6.41. The molecule has 8 rings (SSSR count). The molecule has 4 aromatic carbocycles. The Kier molecular flexibility index (Phi) is 19.4. The van der Waals surface area contributed by atoms with Gasteiger partial charge in [-0.2, -0.15) is 13.2 Å². The normalized spacial score (nSPS) is 20.4. The second-order valence-electron chi connectivity index (χ2n) is 23.5. The van der Waals surface area contributed by atoms with Crippen molar-refractivity contribution in [1.82, 2.24) is 40.0 Å². The molecule has 0 spiro atoms. The Morgan fingerprint density at radius 3 is 1.14 bits per heavy atom. The molecule has 0 aromatic heterocycles. The first kappa shape index (κ1) is 60.3. The zero-order valence-electron chi connectivity index (χ0n) is 46.7. The smallest absolute Gasteiger partial charge is 0.406 e. The van der Waals surface area contributed by atoms with Crippen molar-refractivity contribution >= 4 is 23.9 Å². The molecule has 13 nitrogen and oxygen atoms in total. The summed E-state index contributed by atoms with van der Waals surface area (Å²) >= 11 is 0. The van der Waals surface area contributed by atoms with Crippen LogP contribution >= 0.6 is 0 Å². The maximum atomic E-state index is 13.5. The van der Waals surface area contributed by atoms with Crippen LogP contribution in [0.15, 0.2) is 109 Å². The fourth-order valence-corrected chi connectivity index (χ4v) is 11.4. The van der Waals surface area contributed by atoms with Crippen LogP contribution in [-0.2, 0) is 15.8 Å². The maximum absolute atomic E-state index is 13.5. The van der Waals surface area contributed by atoms with E-state index in [1.807, 2.05) is 80.3 Å². The Morgan fingerprint density at radius 1 is 0.481 bits per heavy atom. The summed E-state index contributed by atoms with van der Waals surface area (Å²) in [6.07, 6.45) is -6.21. The highest BCUT2D eigenvalue weighted by Gasteiger charge is 2.43. The average Bonchev–Trinajstić information content (AvgIpc) is 3.43. The molecular weight excluding hydrogens is 1030 g/mol. The minimum absolute atomic E-state index is 0.0240. The lowest BCUT2D eigenvalue weighted by molar-refractivity contribution is -0.274. The van der Waals surface area contributed by atoms with Crippen molar-refractivity contribution in [3.8, 4) is 5.75 Å². The Hall–Kier alpha value is -6.34. The first-order valence-corrected chi connectivity index (χ1v) is 27.4. The van der Waals surface area contributed by atoms with E-state index in [4.69, 9.17) is 0 Å². The van der Waals surface area contributed by atoms with Gasteiger partial charge in [-0.1, -0.05) is 126 Å².